The highest BCUT2D eigenvalue weighted by molar-refractivity contribution is 7.99. The fraction of sp³-hybridized carbons (Fsp3) is 0.217. The molecule has 29 heavy (non-hydrogen) atoms. The van der Waals surface area contributed by atoms with Gasteiger partial charge in [0.15, 0.2) is 0 Å². The van der Waals surface area contributed by atoms with Gasteiger partial charge in [0.2, 0.25) is 0 Å². The minimum absolute atomic E-state index is 0.135. The van der Waals surface area contributed by atoms with Crippen molar-refractivity contribution in [1.82, 2.24) is 4.98 Å². The van der Waals surface area contributed by atoms with Gasteiger partial charge in [0, 0.05) is 11.1 Å². The maximum atomic E-state index is 13.1. The molecule has 2 aromatic carbocycles. The molecule has 5 nitrogen and oxygen atoms in total. The van der Waals surface area contributed by atoms with E-state index in [1.54, 1.807) is 17.2 Å². The maximum Gasteiger partial charge on any atom is 0.258 e. The lowest BCUT2D eigenvalue weighted by Crippen LogP contribution is -3.12. The SMILES string of the molecule is C[NH+]1CCN(c2ccccc2NC(=O)c2cccnc2Sc2ccccc2)CC1. The number of likely N-dealkylation sites (N-methyl/N-ethyl adjacent to an activating group) is 1. The number of nitrogens with zero attached hydrogens (tertiary/aromatic N) is 2. The van der Waals surface area contributed by atoms with Gasteiger partial charge in [0.05, 0.1) is 50.2 Å². The standard InChI is InChI=1S/C23H24N4OS/c1-26-14-16-27(17-15-26)21-12-6-5-11-20(21)25-22(28)19-10-7-13-24-23(19)29-18-8-3-2-4-9-18/h2-13H,14-17H2,1H3,(H,25,28)/p+1. The van der Waals surface area contributed by atoms with Crippen LogP contribution in [0.15, 0.2) is 82.8 Å². The number of hydrogen-bond donors (Lipinski definition) is 2. The van der Waals surface area contributed by atoms with E-state index >= 15 is 0 Å². The third-order valence-electron chi connectivity index (χ3n) is 5.08. The van der Waals surface area contributed by atoms with Crippen molar-refractivity contribution in [2.45, 2.75) is 9.92 Å². The Balaban J connectivity index is 1.55. The largest absolute Gasteiger partial charge is 0.359 e. The number of amides is 1. The lowest BCUT2D eigenvalue weighted by atomic mass is 10.2. The Bertz CT molecular complexity index is 971. The fourth-order valence-corrected chi connectivity index (χ4v) is 4.32. The van der Waals surface area contributed by atoms with E-state index in [2.05, 4.69) is 28.3 Å². The van der Waals surface area contributed by atoms with Crippen LogP contribution in [-0.2, 0) is 0 Å². The highest BCUT2D eigenvalue weighted by atomic mass is 32.2. The van der Waals surface area contributed by atoms with Crippen LogP contribution in [0.1, 0.15) is 10.4 Å². The third-order valence-corrected chi connectivity index (χ3v) is 6.11. The number of quaternary nitrogens is 1. The zero-order valence-electron chi connectivity index (χ0n) is 16.5. The van der Waals surface area contributed by atoms with E-state index in [9.17, 15) is 4.79 Å². The minimum atomic E-state index is -0.135. The molecule has 6 heteroatoms. The predicted molar refractivity (Wildman–Crippen MR) is 118 cm³/mol. The Hall–Kier alpha value is -2.83. The number of pyridine rings is 1. The van der Waals surface area contributed by atoms with Crippen molar-refractivity contribution in [3.05, 3.63) is 78.5 Å². The van der Waals surface area contributed by atoms with Gasteiger partial charge in [0.25, 0.3) is 5.91 Å². The lowest BCUT2D eigenvalue weighted by molar-refractivity contribution is -0.880. The number of aromatic nitrogens is 1. The second-order valence-electron chi connectivity index (χ2n) is 7.19. The summed E-state index contributed by atoms with van der Waals surface area (Å²) in [7, 11) is 2.22. The van der Waals surface area contributed by atoms with Crippen molar-refractivity contribution < 1.29 is 9.69 Å². The molecule has 3 aromatic rings. The molecule has 2 N–H and O–H groups in total. The van der Waals surface area contributed by atoms with Crippen LogP contribution < -0.4 is 15.1 Å². The quantitative estimate of drug-likeness (QED) is 0.685. The maximum absolute atomic E-state index is 13.1. The number of carbonyl (C=O) groups is 1. The summed E-state index contributed by atoms with van der Waals surface area (Å²) in [6.45, 7) is 4.17. The summed E-state index contributed by atoms with van der Waals surface area (Å²) in [6, 6.07) is 21.7. The Morgan fingerprint density at radius 3 is 2.52 bits per heavy atom. The molecule has 1 aliphatic heterocycles. The number of benzene rings is 2. The Morgan fingerprint density at radius 1 is 1.00 bits per heavy atom. The van der Waals surface area contributed by atoms with Crippen molar-refractivity contribution in [3.8, 4) is 0 Å². The molecule has 0 aliphatic carbocycles. The van der Waals surface area contributed by atoms with Crippen LogP contribution >= 0.6 is 11.8 Å². The molecule has 0 radical (unpaired) electrons. The van der Waals surface area contributed by atoms with Gasteiger partial charge in [-0.1, -0.05) is 42.1 Å². The van der Waals surface area contributed by atoms with Crippen LogP contribution in [0.4, 0.5) is 11.4 Å². The van der Waals surface area contributed by atoms with Crippen LogP contribution in [0.2, 0.25) is 0 Å². The van der Waals surface area contributed by atoms with E-state index in [4.69, 9.17) is 0 Å². The van der Waals surface area contributed by atoms with Crippen molar-refractivity contribution in [3.63, 3.8) is 0 Å². The normalized spacial score (nSPS) is 14.6. The van der Waals surface area contributed by atoms with E-state index < -0.39 is 0 Å². The predicted octanol–water partition coefficient (Wildman–Crippen LogP) is 2.82. The average Bonchev–Trinajstić information content (AvgIpc) is 2.76. The second-order valence-corrected chi connectivity index (χ2v) is 8.25. The van der Waals surface area contributed by atoms with E-state index in [1.165, 1.54) is 11.8 Å². The van der Waals surface area contributed by atoms with Crippen LogP contribution in [-0.4, -0.2) is 44.1 Å². The number of rotatable bonds is 5. The van der Waals surface area contributed by atoms with E-state index in [0.717, 1.165) is 42.4 Å². The van der Waals surface area contributed by atoms with Crippen LogP contribution in [0.25, 0.3) is 0 Å². The molecule has 1 aliphatic rings. The van der Waals surface area contributed by atoms with Gasteiger partial charge in [-0.15, -0.1) is 0 Å². The van der Waals surface area contributed by atoms with Crippen molar-refractivity contribution in [1.29, 1.82) is 0 Å². The third kappa shape index (κ3) is 4.78. The molecule has 0 spiro atoms. The van der Waals surface area contributed by atoms with Crippen molar-refractivity contribution in [2.24, 2.45) is 0 Å². The van der Waals surface area contributed by atoms with Gasteiger partial charge in [-0.25, -0.2) is 4.98 Å². The Labute approximate surface area is 175 Å². The monoisotopic (exact) mass is 405 g/mol. The Kier molecular flexibility index (Phi) is 6.12. The molecule has 1 amide bonds. The van der Waals surface area contributed by atoms with Crippen LogP contribution in [0, 0.1) is 0 Å². The minimum Gasteiger partial charge on any atom is -0.359 e. The fourth-order valence-electron chi connectivity index (χ4n) is 3.42. The second kappa shape index (κ2) is 9.11. The first-order valence-corrected chi connectivity index (χ1v) is 10.7. The molecule has 1 aromatic heterocycles. The highest BCUT2D eigenvalue weighted by Gasteiger charge is 2.21. The molecule has 2 heterocycles. The molecule has 0 atom stereocenters. The van der Waals surface area contributed by atoms with Crippen molar-refractivity contribution >= 4 is 29.0 Å². The van der Waals surface area contributed by atoms with Gasteiger partial charge in [-0.3, -0.25) is 4.79 Å². The molecule has 0 unspecified atom stereocenters. The summed E-state index contributed by atoms with van der Waals surface area (Å²) < 4.78 is 0. The molecular formula is C23H25N4OS+. The highest BCUT2D eigenvalue weighted by Crippen LogP contribution is 2.30. The smallest absolute Gasteiger partial charge is 0.258 e. The van der Waals surface area contributed by atoms with Gasteiger partial charge >= 0.3 is 0 Å². The number of hydrogen-bond acceptors (Lipinski definition) is 4. The van der Waals surface area contributed by atoms with E-state index in [-0.39, 0.29) is 5.91 Å². The molecular weight excluding hydrogens is 380 g/mol. The number of piperazine rings is 1. The number of anilines is 2. The van der Waals surface area contributed by atoms with E-state index in [0.29, 0.717) is 10.6 Å². The zero-order chi connectivity index (χ0) is 20.1. The molecule has 148 valence electrons. The first-order valence-electron chi connectivity index (χ1n) is 9.85. The summed E-state index contributed by atoms with van der Waals surface area (Å²) in [6.07, 6.45) is 1.72. The van der Waals surface area contributed by atoms with Gasteiger partial charge in [-0.2, -0.15) is 0 Å². The Morgan fingerprint density at radius 2 is 1.72 bits per heavy atom. The summed E-state index contributed by atoms with van der Waals surface area (Å²) in [5.41, 5.74) is 2.50. The zero-order valence-corrected chi connectivity index (χ0v) is 17.3. The molecule has 1 fully saturated rings. The first-order chi connectivity index (χ1) is 14.2. The molecule has 0 bridgehead atoms. The topological polar surface area (TPSA) is 49.7 Å². The number of para-hydroxylation sites is 2. The number of nitrogens with one attached hydrogen (secondary N) is 2. The number of carbonyl (C=O) groups excluding carboxylic acids is 1. The van der Waals surface area contributed by atoms with Crippen molar-refractivity contribution in [2.75, 3.05) is 43.4 Å². The van der Waals surface area contributed by atoms with Gasteiger partial charge in [0.1, 0.15) is 5.03 Å². The van der Waals surface area contributed by atoms with Gasteiger partial charge < -0.3 is 15.1 Å². The van der Waals surface area contributed by atoms with Crippen LogP contribution in [0.5, 0.6) is 0 Å². The summed E-state index contributed by atoms with van der Waals surface area (Å²) in [4.78, 5) is 22.5. The van der Waals surface area contributed by atoms with Crippen LogP contribution in [0.3, 0.4) is 0 Å². The average molecular weight is 406 g/mol. The first kappa shape index (κ1) is 19.5. The van der Waals surface area contributed by atoms with Gasteiger partial charge in [-0.05, 0) is 36.4 Å². The summed E-state index contributed by atoms with van der Waals surface area (Å²) >= 11 is 1.50. The van der Waals surface area contributed by atoms with E-state index in [1.807, 2.05) is 54.6 Å². The molecule has 0 saturated carbocycles. The molecule has 1 saturated heterocycles. The summed E-state index contributed by atoms with van der Waals surface area (Å²) in [5, 5.41) is 3.83. The summed E-state index contributed by atoms with van der Waals surface area (Å²) in [5.74, 6) is -0.135. The molecule has 4 rings (SSSR count). The lowest BCUT2D eigenvalue weighted by Gasteiger charge is -2.33.